The average molecular weight is 533 g/mol. The second kappa shape index (κ2) is 11.2. The van der Waals surface area contributed by atoms with Crippen LogP contribution in [-0.2, 0) is 11.2 Å². The molecule has 2 aromatic heterocycles. The van der Waals surface area contributed by atoms with Gasteiger partial charge in [0, 0.05) is 25.8 Å². The van der Waals surface area contributed by atoms with Crippen LogP contribution in [0.1, 0.15) is 49.3 Å². The van der Waals surface area contributed by atoms with E-state index >= 15 is 0 Å². The minimum absolute atomic E-state index is 0.121. The van der Waals surface area contributed by atoms with Gasteiger partial charge in [0.25, 0.3) is 11.5 Å². The fourth-order valence-corrected chi connectivity index (χ4v) is 6.34. The molecule has 4 heterocycles. The number of piperidine rings is 1. The first-order chi connectivity index (χ1) is 17.9. The summed E-state index contributed by atoms with van der Waals surface area (Å²) in [7, 11) is 0. The van der Waals surface area contributed by atoms with Crippen LogP contribution in [0, 0.1) is 12.8 Å². The Balaban J connectivity index is 1.47. The molecule has 5 rings (SSSR count). The first kappa shape index (κ1) is 25.7. The van der Waals surface area contributed by atoms with Gasteiger partial charge < -0.3 is 4.90 Å². The standard InChI is InChI=1S/C29H32N4O2S2/c1-3-4-14-32-28(35)24(37-29(32)36)18-23-26(30-25-11-10-20(2)19-33(25)27(23)34)31-15-12-22(13-16-31)17-21-8-6-5-7-9-21/h5-11,18-19,22H,3-4,12-17H2,1-2H3/b24-18-. The molecule has 0 N–H and O–H groups in total. The third kappa shape index (κ3) is 5.50. The third-order valence-electron chi connectivity index (χ3n) is 7.15. The van der Waals surface area contributed by atoms with Gasteiger partial charge >= 0.3 is 0 Å². The molecule has 0 aliphatic carbocycles. The van der Waals surface area contributed by atoms with Gasteiger partial charge in [0.05, 0.1) is 10.5 Å². The number of aromatic nitrogens is 2. The molecule has 0 atom stereocenters. The van der Waals surface area contributed by atoms with Gasteiger partial charge in [-0.1, -0.05) is 73.7 Å². The summed E-state index contributed by atoms with van der Waals surface area (Å²) in [5.74, 6) is 1.14. The number of amides is 1. The fraction of sp³-hybridized carbons (Fsp3) is 0.379. The zero-order valence-electron chi connectivity index (χ0n) is 21.4. The van der Waals surface area contributed by atoms with Gasteiger partial charge in [-0.3, -0.25) is 18.9 Å². The van der Waals surface area contributed by atoms with Crippen molar-refractivity contribution in [3.05, 3.63) is 80.6 Å². The van der Waals surface area contributed by atoms with Crippen LogP contribution in [0.5, 0.6) is 0 Å². The lowest BCUT2D eigenvalue weighted by Crippen LogP contribution is -2.37. The lowest BCUT2D eigenvalue weighted by atomic mass is 9.90. The van der Waals surface area contributed by atoms with Gasteiger partial charge in [-0.2, -0.15) is 0 Å². The van der Waals surface area contributed by atoms with E-state index < -0.39 is 0 Å². The molecule has 37 heavy (non-hydrogen) atoms. The fourth-order valence-electron chi connectivity index (χ4n) is 5.05. The highest BCUT2D eigenvalue weighted by molar-refractivity contribution is 8.26. The highest BCUT2D eigenvalue weighted by Crippen LogP contribution is 2.34. The van der Waals surface area contributed by atoms with Crippen molar-refractivity contribution in [3.8, 4) is 0 Å². The summed E-state index contributed by atoms with van der Waals surface area (Å²) in [6.07, 6.45) is 8.53. The van der Waals surface area contributed by atoms with Crippen LogP contribution in [0.3, 0.4) is 0 Å². The third-order valence-corrected chi connectivity index (χ3v) is 8.53. The van der Waals surface area contributed by atoms with E-state index in [2.05, 4.69) is 42.2 Å². The highest BCUT2D eigenvalue weighted by atomic mass is 32.2. The molecule has 2 saturated heterocycles. The highest BCUT2D eigenvalue weighted by Gasteiger charge is 2.33. The number of hydrogen-bond donors (Lipinski definition) is 0. The molecule has 2 fully saturated rings. The largest absolute Gasteiger partial charge is 0.356 e. The number of nitrogens with zero attached hydrogens (tertiary/aromatic N) is 4. The number of aryl methyl sites for hydroxylation is 1. The first-order valence-corrected chi connectivity index (χ1v) is 14.2. The zero-order valence-corrected chi connectivity index (χ0v) is 23.0. The number of benzene rings is 1. The van der Waals surface area contributed by atoms with Gasteiger partial charge in [-0.05, 0) is 61.8 Å². The van der Waals surface area contributed by atoms with E-state index in [1.54, 1.807) is 15.4 Å². The molecule has 0 unspecified atom stereocenters. The average Bonchev–Trinajstić information content (AvgIpc) is 3.17. The summed E-state index contributed by atoms with van der Waals surface area (Å²) in [4.78, 5) is 36.2. The molecule has 2 aliphatic heterocycles. The SMILES string of the molecule is CCCCN1C(=O)/C(=C/c2c(N3CCC(Cc4ccccc4)CC3)nc3ccc(C)cn3c2=O)SC1=S. The van der Waals surface area contributed by atoms with E-state index in [4.69, 9.17) is 17.2 Å². The summed E-state index contributed by atoms with van der Waals surface area (Å²) in [5, 5.41) is 0. The van der Waals surface area contributed by atoms with Crippen LogP contribution in [0.2, 0.25) is 0 Å². The van der Waals surface area contributed by atoms with Crippen molar-refractivity contribution in [3.63, 3.8) is 0 Å². The van der Waals surface area contributed by atoms with E-state index in [0.29, 0.717) is 38.7 Å². The van der Waals surface area contributed by atoms with E-state index in [9.17, 15) is 9.59 Å². The van der Waals surface area contributed by atoms with Crippen molar-refractivity contribution in [2.24, 2.45) is 5.92 Å². The predicted octanol–water partition coefficient (Wildman–Crippen LogP) is 5.46. The maximum Gasteiger partial charge on any atom is 0.267 e. The van der Waals surface area contributed by atoms with Gasteiger partial charge in [-0.25, -0.2) is 4.98 Å². The van der Waals surface area contributed by atoms with Crippen LogP contribution in [0.15, 0.2) is 58.4 Å². The molecular formula is C29H32N4O2S2. The molecule has 6 nitrogen and oxygen atoms in total. The monoisotopic (exact) mass is 532 g/mol. The summed E-state index contributed by atoms with van der Waals surface area (Å²) in [6, 6.07) is 14.5. The van der Waals surface area contributed by atoms with Crippen molar-refractivity contribution < 1.29 is 4.79 Å². The van der Waals surface area contributed by atoms with Gasteiger partial charge in [0.2, 0.25) is 0 Å². The number of carbonyl (C=O) groups excluding carboxylic acids is 1. The van der Waals surface area contributed by atoms with Crippen LogP contribution < -0.4 is 10.5 Å². The number of pyridine rings is 1. The van der Waals surface area contributed by atoms with Crippen molar-refractivity contribution >= 4 is 51.7 Å². The Hall–Kier alpha value is -2.97. The number of rotatable bonds is 7. The van der Waals surface area contributed by atoms with Crippen molar-refractivity contribution in [2.75, 3.05) is 24.5 Å². The maximum absolute atomic E-state index is 13.8. The Morgan fingerprint density at radius 2 is 1.86 bits per heavy atom. The molecular weight excluding hydrogens is 500 g/mol. The lowest BCUT2D eigenvalue weighted by Gasteiger charge is -2.33. The number of thioether (sulfide) groups is 1. The number of fused-ring (bicyclic) bond motifs is 1. The first-order valence-electron chi connectivity index (χ1n) is 13.0. The van der Waals surface area contributed by atoms with Gasteiger partial charge in [-0.15, -0.1) is 0 Å². The van der Waals surface area contributed by atoms with E-state index in [1.807, 2.05) is 25.3 Å². The Morgan fingerprint density at radius 3 is 2.59 bits per heavy atom. The van der Waals surface area contributed by atoms with Gasteiger partial charge in [0.1, 0.15) is 15.8 Å². The Labute approximate surface area is 227 Å². The van der Waals surface area contributed by atoms with E-state index in [0.717, 1.165) is 50.8 Å². The molecule has 3 aromatic rings. The van der Waals surface area contributed by atoms with Crippen LogP contribution >= 0.6 is 24.0 Å². The summed E-state index contributed by atoms with van der Waals surface area (Å²) >= 11 is 6.77. The number of anilines is 1. The van der Waals surface area contributed by atoms with Gasteiger partial charge in [0.15, 0.2) is 0 Å². The van der Waals surface area contributed by atoms with E-state index in [1.165, 1.54) is 17.3 Å². The van der Waals surface area contributed by atoms with Crippen LogP contribution in [-0.4, -0.2) is 44.1 Å². The topological polar surface area (TPSA) is 57.9 Å². The molecule has 0 radical (unpaired) electrons. The summed E-state index contributed by atoms with van der Waals surface area (Å²) in [6.45, 7) is 6.30. The lowest BCUT2D eigenvalue weighted by molar-refractivity contribution is -0.122. The minimum atomic E-state index is -0.158. The number of hydrogen-bond acceptors (Lipinski definition) is 6. The van der Waals surface area contributed by atoms with Crippen LogP contribution in [0.4, 0.5) is 5.82 Å². The zero-order chi connectivity index (χ0) is 25.9. The predicted molar refractivity (Wildman–Crippen MR) is 156 cm³/mol. The summed E-state index contributed by atoms with van der Waals surface area (Å²) < 4.78 is 2.14. The Bertz CT molecular complexity index is 1410. The quantitative estimate of drug-likeness (QED) is 0.297. The second-order valence-corrected chi connectivity index (χ2v) is 11.6. The molecule has 2 aliphatic rings. The van der Waals surface area contributed by atoms with Crippen molar-refractivity contribution in [2.45, 2.75) is 46.0 Å². The molecule has 1 aromatic carbocycles. The van der Waals surface area contributed by atoms with E-state index in [-0.39, 0.29) is 11.5 Å². The summed E-state index contributed by atoms with van der Waals surface area (Å²) in [5.41, 5.74) is 3.26. The molecule has 0 bridgehead atoms. The minimum Gasteiger partial charge on any atom is -0.356 e. The number of thiocarbonyl (C=S) groups is 1. The smallest absolute Gasteiger partial charge is 0.267 e. The van der Waals surface area contributed by atoms with Crippen molar-refractivity contribution in [1.29, 1.82) is 0 Å². The normalized spacial score (nSPS) is 17.9. The number of carbonyl (C=O) groups is 1. The Morgan fingerprint density at radius 1 is 1.11 bits per heavy atom. The second-order valence-electron chi connectivity index (χ2n) is 9.90. The van der Waals surface area contributed by atoms with Crippen molar-refractivity contribution in [1.82, 2.24) is 14.3 Å². The molecule has 1 amide bonds. The molecule has 8 heteroatoms. The molecule has 0 spiro atoms. The number of unbranched alkanes of at least 4 members (excludes halogenated alkanes) is 1. The molecule has 192 valence electrons. The molecule has 0 saturated carbocycles. The van der Waals surface area contributed by atoms with Crippen LogP contribution in [0.25, 0.3) is 11.7 Å². The Kier molecular flexibility index (Phi) is 7.76. The maximum atomic E-state index is 13.8.